The highest BCUT2D eigenvalue weighted by Crippen LogP contribution is 2.38. The van der Waals surface area contributed by atoms with Gasteiger partial charge in [-0.05, 0) is 17.7 Å². The van der Waals surface area contributed by atoms with E-state index in [0.717, 1.165) is 11.1 Å². The first-order valence-corrected chi connectivity index (χ1v) is 7.38. The third kappa shape index (κ3) is 3.96. The average Bonchev–Trinajstić information content (AvgIpc) is 2.61. The molecule has 0 amide bonds. The second-order valence-corrected chi connectivity index (χ2v) is 4.96. The predicted octanol–water partition coefficient (Wildman–Crippen LogP) is 1.08. The van der Waals surface area contributed by atoms with E-state index >= 15 is 0 Å². The van der Waals surface area contributed by atoms with Crippen LogP contribution in [0.15, 0.2) is 18.3 Å². The third-order valence-corrected chi connectivity index (χ3v) is 3.41. The normalized spacial score (nSPS) is 10.3. The van der Waals surface area contributed by atoms with Crippen molar-refractivity contribution in [2.45, 2.75) is 6.42 Å². The second kappa shape index (κ2) is 8.21. The molecule has 1 heterocycles. The first kappa shape index (κ1) is 17.6. The fraction of sp³-hybridized carbons (Fsp3) is 0.375. The van der Waals surface area contributed by atoms with Crippen LogP contribution in [0, 0.1) is 0 Å². The van der Waals surface area contributed by atoms with Crippen LogP contribution in [0.4, 0.5) is 11.8 Å². The van der Waals surface area contributed by atoms with Crippen LogP contribution in [-0.4, -0.2) is 49.6 Å². The molecule has 0 atom stereocenters. The summed E-state index contributed by atoms with van der Waals surface area (Å²) in [6.07, 6.45) is 2.17. The van der Waals surface area contributed by atoms with E-state index in [9.17, 15) is 0 Å². The molecule has 8 heteroatoms. The third-order valence-electron chi connectivity index (χ3n) is 3.41. The highest BCUT2D eigenvalue weighted by Gasteiger charge is 2.14. The molecule has 0 fully saturated rings. The molecule has 1 aromatic heterocycles. The van der Waals surface area contributed by atoms with Crippen LogP contribution in [0.5, 0.6) is 17.2 Å². The molecule has 24 heavy (non-hydrogen) atoms. The molecule has 0 bridgehead atoms. The highest BCUT2D eigenvalue weighted by molar-refractivity contribution is 5.55. The van der Waals surface area contributed by atoms with Gasteiger partial charge < -0.3 is 30.4 Å². The minimum absolute atomic E-state index is 0.00352. The molecule has 4 N–H and O–H groups in total. The van der Waals surface area contributed by atoms with Gasteiger partial charge in [-0.3, -0.25) is 0 Å². The minimum atomic E-state index is -0.00352. The van der Waals surface area contributed by atoms with E-state index < -0.39 is 0 Å². The van der Waals surface area contributed by atoms with Crippen molar-refractivity contribution in [2.24, 2.45) is 0 Å². The number of aliphatic hydroxyl groups is 1. The molecule has 0 aliphatic carbocycles. The zero-order valence-electron chi connectivity index (χ0n) is 14.0. The van der Waals surface area contributed by atoms with Gasteiger partial charge in [0.1, 0.15) is 5.82 Å². The van der Waals surface area contributed by atoms with Gasteiger partial charge in [-0.2, -0.15) is 4.98 Å². The number of hydrogen-bond acceptors (Lipinski definition) is 8. The number of methoxy groups -OCH3 is 3. The lowest BCUT2D eigenvalue weighted by atomic mass is 10.1. The fourth-order valence-corrected chi connectivity index (χ4v) is 2.27. The summed E-state index contributed by atoms with van der Waals surface area (Å²) in [5.41, 5.74) is 7.70. The van der Waals surface area contributed by atoms with Crippen LogP contribution in [0.1, 0.15) is 11.1 Å². The summed E-state index contributed by atoms with van der Waals surface area (Å²) < 4.78 is 16.0. The zero-order valence-corrected chi connectivity index (χ0v) is 14.0. The minimum Gasteiger partial charge on any atom is -0.493 e. The average molecular weight is 334 g/mol. The number of aliphatic hydroxyl groups excluding tert-OH is 1. The molecule has 0 saturated carbocycles. The van der Waals surface area contributed by atoms with Crippen LogP contribution in [0.25, 0.3) is 0 Å². The van der Waals surface area contributed by atoms with Gasteiger partial charge in [0.05, 0.1) is 27.9 Å². The Morgan fingerprint density at radius 2 is 1.79 bits per heavy atom. The zero-order chi connectivity index (χ0) is 17.5. The Balaban J connectivity index is 2.27. The van der Waals surface area contributed by atoms with Gasteiger partial charge in [0, 0.05) is 24.7 Å². The number of anilines is 2. The summed E-state index contributed by atoms with van der Waals surface area (Å²) in [5.74, 6) is 2.45. The van der Waals surface area contributed by atoms with E-state index in [-0.39, 0.29) is 6.61 Å². The van der Waals surface area contributed by atoms with Crippen molar-refractivity contribution in [1.29, 1.82) is 0 Å². The molecule has 0 radical (unpaired) electrons. The van der Waals surface area contributed by atoms with E-state index in [1.165, 1.54) is 0 Å². The predicted molar refractivity (Wildman–Crippen MR) is 90.9 cm³/mol. The Morgan fingerprint density at radius 1 is 1.12 bits per heavy atom. The van der Waals surface area contributed by atoms with Crippen molar-refractivity contribution in [1.82, 2.24) is 9.97 Å². The van der Waals surface area contributed by atoms with Crippen LogP contribution < -0.4 is 25.3 Å². The maximum atomic E-state index is 8.80. The molecule has 130 valence electrons. The second-order valence-electron chi connectivity index (χ2n) is 4.96. The van der Waals surface area contributed by atoms with Crippen LogP contribution >= 0.6 is 0 Å². The topological polar surface area (TPSA) is 112 Å². The number of nitrogens with two attached hydrogens (primary N) is 1. The number of rotatable bonds is 8. The maximum absolute atomic E-state index is 8.80. The van der Waals surface area contributed by atoms with Crippen LogP contribution in [0.2, 0.25) is 0 Å². The van der Waals surface area contributed by atoms with E-state index in [2.05, 4.69) is 15.3 Å². The smallest absolute Gasteiger partial charge is 0.224 e. The van der Waals surface area contributed by atoms with Crippen molar-refractivity contribution >= 4 is 11.8 Å². The first-order chi connectivity index (χ1) is 11.6. The lowest BCUT2D eigenvalue weighted by Gasteiger charge is -2.14. The lowest BCUT2D eigenvalue weighted by Crippen LogP contribution is -2.10. The summed E-state index contributed by atoms with van der Waals surface area (Å²) in [5, 5.41) is 11.7. The number of nitrogens with zero attached hydrogens (tertiary/aromatic N) is 2. The Hall–Kier alpha value is -2.74. The van der Waals surface area contributed by atoms with E-state index in [1.807, 2.05) is 12.1 Å². The largest absolute Gasteiger partial charge is 0.493 e. The van der Waals surface area contributed by atoms with Crippen molar-refractivity contribution in [2.75, 3.05) is 45.5 Å². The maximum Gasteiger partial charge on any atom is 0.224 e. The summed E-state index contributed by atoms with van der Waals surface area (Å²) in [6, 6.07) is 3.72. The van der Waals surface area contributed by atoms with Crippen molar-refractivity contribution in [3.8, 4) is 17.2 Å². The van der Waals surface area contributed by atoms with Gasteiger partial charge in [-0.25, -0.2) is 4.98 Å². The SMILES string of the molecule is COc1cc(Cc2cnc(NCCO)nc2N)cc(OC)c1OC. The monoisotopic (exact) mass is 334 g/mol. The van der Waals surface area contributed by atoms with Gasteiger partial charge >= 0.3 is 0 Å². The standard InChI is InChI=1S/C16H22N4O4/c1-22-12-7-10(8-13(23-2)14(12)24-3)6-11-9-19-16(18-4-5-21)20-15(11)17/h7-9,21H,4-6H2,1-3H3,(H3,17,18,19,20). The molecule has 0 spiro atoms. The van der Waals surface area contributed by atoms with Crippen molar-refractivity contribution in [3.05, 3.63) is 29.5 Å². The van der Waals surface area contributed by atoms with Crippen molar-refractivity contribution in [3.63, 3.8) is 0 Å². The number of hydrogen-bond donors (Lipinski definition) is 3. The van der Waals surface area contributed by atoms with E-state index in [1.54, 1.807) is 27.5 Å². The van der Waals surface area contributed by atoms with Crippen LogP contribution in [-0.2, 0) is 6.42 Å². The molecule has 2 aromatic rings. The number of aromatic nitrogens is 2. The fourth-order valence-electron chi connectivity index (χ4n) is 2.27. The van der Waals surface area contributed by atoms with Gasteiger partial charge in [0.2, 0.25) is 11.7 Å². The highest BCUT2D eigenvalue weighted by atomic mass is 16.5. The molecule has 0 saturated heterocycles. The molecule has 0 unspecified atom stereocenters. The number of nitrogens with one attached hydrogen (secondary N) is 1. The summed E-state index contributed by atoms with van der Waals surface area (Å²) in [4.78, 5) is 8.37. The first-order valence-electron chi connectivity index (χ1n) is 7.38. The number of benzene rings is 1. The quantitative estimate of drug-likeness (QED) is 0.657. The van der Waals surface area contributed by atoms with Gasteiger partial charge in [0.15, 0.2) is 11.5 Å². The van der Waals surface area contributed by atoms with Gasteiger partial charge in [-0.1, -0.05) is 0 Å². The molecule has 2 rings (SSSR count). The Labute approximate surface area is 140 Å². The van der Waals surface area contributed by atoms with Crippen LogP contribution in [0.3, 0.4) is 0 Å². The Bertz CT molecular complexity index is 669. The molecule has 1 aromatic carbocycles. The van der Waals surface area contributed by atoms with E-state index in [0.29, 0.717) is 42.0 Å². The lowest BCUT2D eigenvalue weighted by molar-refractivity contribution is 0.311. The molecule has 8 nitrogen and oxygen atoms in total. The summed E-state index contributed by atoms with van der Waals surface area (Å²) >= 11 is 0. The van der Waals surface area contributed by atoms with Crippen molar-refractivity contribution < 1.29 is 19.3 Å². The summed E-state index contributed by atoms with van der Waals surface area (Å²) in [6.45, 7) is 0.363. The molecule has 0 aliphatic heterocycles. The molecule has 0 aliphatic rings. The summed E-state index contributed by atoms with van der Waals surface area (Å²) in [7, 11) is 4.70. The van der Waals surface area contributed by atoms with Gasteiger partial charge in [-0.15, -0.1) is 0 Å². The number of ether oxygens (including phenoxy) is 3. The molecular weight excluding hydrogens is 312 g/mol. The van der Waals surface area contributed by atoms with Gasteiger partial charge in [0.25, 0.3) is 0 Å². The van der Waals surface area contributed by atoms with E-state index in [4.69, 9.17) is 25.1 Å². The Morgan fingerprint density at radius 3 is 2.29 bits per heavy atom. The Kier molecular flexibility index (Phi) is 6.02. The molecular formula is C16H22N4O4. The number of nitrogen functional groups attached to an aromatic ring is 1.